The molecule has 2 aromatic carbocycles. The monoisotopic (exact) mass is 456 g/mol. The summed E-state index contributed by atoms with van der Waals surface area (Å²) >= 11 is 5.06. The minimum absolute atomic E-state index is 0.0829. The fourth-order valence-electron chi connectivity index (χ4n) is 3.09. The number of nitrogens with zero attached hydrogens (tertiary/aromatic N) is 4. The van der Waals surface area contributed by atoms with Crippen LogP contribution >= 0.6 is 27.7 Å². The number of hydrogen-bond acceptors (Lipinski definition) is 6. The number of likely N-dealkylation sites (tertiary alicyclic amines) is 1. The van der Waals surface area contributed by atoms with E-state index in [0.717, 1.165) is 44.5 Å². The van der Waals surface area contributed by atoms with Crippen molar-refractivity contribution in [3.63, 3.8) is 0 Å². The molecule has 1 saturated heterocycles. The summed E-state index contributed by atoms with van der Waals surface area (Å²) in [4.78, 5) is 13.7. The maximum atomic E-state index is 10.9. The number of nitro groups is 1. The molecule has 0 amide bonds. The Bertz CT molecular complexity index is 978. The first-order valence-electron chi connectivity index (χ1n) is 8.91. The van der Waals surface area contributed by atoms with Crippen molar-refractivity contribution in [2.75, 3.05) is 13.1 Å². The summed E-state index contributed by atoms with van der Waals surface area (Å²) in [5.41, 5.74) is 2.76. The van der Waals surface area contributed by atoms with Crippen molar-refractivity contribution in [3.05, 3.63) is 79.2 Å². The Kier molecular flexibility index (Phi) is 5.59. The summed E-state index contributed by atoms with van der Waals surface area (Å²) < 4.78 is 1.00. The van der Waals surface area contributed by atoms with Gasteiger partial charge in [-0.2, -0.15) is 0 Å². The van der Waals surface area contributed by atoms with E-state index in [0.29, 0.717) is 0 Å². The highest BCUT2D eigenvalue weighted by Crippen LogP contribution is 2.32. The lowest BCUT2D eigenvalue weighted by atomic mass is 10.1. The molecule has 8 heteroatoms. The summed E-state index contributed by atoms with van der Waals surface area (Å²) in [5, 5.41) is 20.8. The van der Waals surface area contributed by atoms with Gasteiger partial charge in [0, 0.05) is 40.2 Å². The number of hydrogen-bond donors (Lipinski definition) is 0. The molecule has 0 saturated carbocycles. The number of nitro benzene ring substituents is 1. The Labute approximate surface area is 175 Å². The van der Waals surface area contributed by atoms with E-state index in [1.807, 2.05) is 30.3 Å². The summed E-state index contributed by atoms with van der Waals surface area (Å²) in [7, 11) is 0. The number of rotatable bonds is 3. The average Bonchev–Trinajstić information content (AvgIpc) is 3.24. The third kappa shape index (κ3) is 4.18. The summed E-state index contributed by atoms with van der Waals surface area (Å²) in [6, 6.07) is 14.5. The van der Waals surface area contributed by atoms with Gasteiger partial charge < -0.3 is 4.90 Å². The topological polar surface area (TPSA) is 71.1 Å². The Morgan fingerprint density at radius 3 is 2.36 bits per heavy atom. The van der Waals surface area contributed by atoms with E-state index in [4.69, 9.17) is 0 Å². The van der Waals surface area contributed by atoms with Crippen LogP contribution in [0.5, 0.6) is 0 Å². The molecule has 0 aliphatic carbocycles. The Morgan fingerprint density at radius 2 is 1.71 bits per heavy atom. The lowest BCUT2D eigenvalue weighted by molar-refractivity contribution is -0.384. The number of halogens is 1. The van der Waals surface area contributed by atoms with Crippen molar-refractivity contribution >= 4 is 50.3 Å². The van der Waals surface area contributed by atoms with Crippen LogP contribution in [-0.4, -0.2) is 33.8 Å². The van der Waals surface area contributed by atoms with Gasteiger partial charge in [-0.25, -0.2) is 0 Å². The molecule has 0 bridgehead atoms. The van der Waals surface area contributed by atoms with Gasteiger partial charge in [0.25, 0.3) is 5.69 Å². The van der Waals surface area contributed by atoms with Gasteiger partial charge in [0.2, 0.25) is 0 Å². The molecule has 0 unspecified atom stereocenters. The average molecular weight is 457 g/mol. The lowest BCUT2D eigenvalue weighted by Crippen LogP contribution is -2.27. The number of thioether (sulfide) groups is 1. The number of amidine groups is 1. The zero-order valence-electron chi connectivity index (χ0n) is 14.9. The van der Waals surface area contributed by atoms with Crippen LogP contribution in [0.1, 0.15) is 24.0 Å². The van der Waals surface area contributed by atoms with Crippen molar-refractivity contribution in [2.24, 2.45) is 10.2 Å². The predicted octanol–water partition coefficient (Wildman–Crippen LogP) is 5.30. The maximum Gasteiger partial charge on any atom is 0.269 e. The molecule has 142 valence electrons. The van der Waals surface area contributed by atoms with Crippen LogP contribution in [0, 0.1) is 10.1 Å². The number of non-ortho nitro benzene ring substituents is 1. The molecule has 2 heterocycles. The van der Waals surface area contributed by atoms with Crippen LogP contribution in [0.3, 0.4) is 0 Å². The van der Waals surface area contributed by atoms with Crippen molar-refractivity contribution < 1.29 is 4.92 Å². The van der Waals surface area contributed by atoms with Gasteiger partial charge in [-0.1, -0.05) is 28.1 Å². The Balaban J connectivity index is 1.70. The van der Waals surface area contributed by atoms with E-state index >= 15 is 0 Å². The van der Waals surface area contributed by atoms with E-state index in [2.05, 4.69) is 31.0 Å². The van der Waals surface area contributed by atoms with E-state index in [-0.39, 0.29) is 10.6 Å². The molecule has 0 atom stereocenters. The second-order valence-corrected chi connectivity index (χ2v) is 8.42. The lowest BCUT2D eigenvalue weighted by Gasteiger charge is -2.23. The zero-order chi connectivity index (χ0) is 19.5. The first-order valence-corrected chi connectivity index (χ1v) is 10.5. The zero-order valence-corrected chi connectivity index (χ0v) is 17.3. The fraction of sp³-hybridized carbons (Fsp3) is 0.200. The molecule has 28 heavy (non-hydrogen) atoms. The van der Waals surface area contributed by atoms with Crippen LogP contribution in [0.2, 0.25) is 0 Å². The SMILES string of the molecule is O=[N+]([O-])c1ccc(/C=C2\SC(N3CCCC3)=NN=C2c2ccc(Br)cc2)cc1. The van der Waals surface area contributed by atoms with Gasteiger partial charge in [0.1, 0.15) is 5.71 Å². The van der Waals surface area contributed by atoms with Crippen molar-refractivity contribution in [1.29, 1.82) is 0 Å². The molecule has 0 spiro atoms. The van der Waals surface area contributed by atoms with Crippen LogP contribution in [0.15, 0.2) is 68.1 Å². The van der Waals surface area contributed by atoms with Gasteiger partial charge in [0.05, 0.1) is 4.92 Å². The molecule has 2 aromatic rings. The van der Waals surface area contributed by atoms with E-state index < -0.39 is 0 Å². The molecule has 6 nitrogen and oxygen atoms in total. The van der Waals surface area contributed by atoms with Crippen molar-refractivity contribution in [1.82, 2.24) is 4.90 Å². The molecule has 0 aromatic heterocycles. The van der Waals surface area contributed by atoms with Gasteiger partial charge in [-0.15, -0.1) is 10.2 Å². The molecule has 2 aliphatic rings. The van der Waals surface area contributed by atoms with Gasteiger partial charge in [-0.05, 0) is 60.5 Å². The minimum Gasteiger partial charge on any atom is -0.349 e. The summed E-state index contributed by atoms with van der Waals surface area (Å²) in [6.07, 6.45) is 4.36. The highest BCUT2D eigenvalue weighted by molar-refractivity contribution is 9.10. The smallest absolute Gasteiger partial charge is 0.269 e. The van der Waals surface area contributed by atoms with E-state index in [1.54, 1.807) is 23.9 Å². The Hall–Kier alpha value is -2.45. The van der Waals surface area contributed by atoms with Crippen LogP contribution in [0.4, 0.5) is 5.69 Å². The van der Waals surface area contributed by atoms with E-state index in [1.165, 1.54) is 25.0 Å². The first-order chi connectivity index (χ1) is 13.6. The highest BCUT2D eigenvalue weighted by atomic mass is 79.9. The van der Waals surface area contributed by atoms with E-state index in [9.17, 15) is 10.1 Å². The molecule has 4 rings (SSSR count). The van der Waals surface area contributed by atoms with Gasteiger partial charge in [-0.3, -0.25) is 10.1 Å². The minimum atomic E-state index is -0.390. The third-order valence-electron chi connectivity index (χ3n) is 4.57. The number of benzene rings is 2. The van der Waals surface area contributed by atoms with Gasteiger partial charge >= 0.3 is 0 Å². The van der Waals surface area contributed by atoms with Crippen molar-refractivity contribution in [2.45, 2.75) is 12.8 Å². The fourth-order valence-corrected chi connectivity index (χ4v) is 4.40. The van der Waals surface area contributed by atoms with Crippen LogP contribution in [-0.2, 0) is 0 Å². The molecule has 0 N–H and O–H groups in total. The summed E-state index contributed by atoms with van der Waals surface area (Å²) in [6.45, 7) is 2.00. The normalized spacial score (nSPS) is 18.2. The Morgan fingerprint density at radius 1 is 1.04 bits per heavy atom. The van der Waals surface area contributed by atoms with Gasteiger partial charge in [0.15, 0.2) is 5.17 Å². The quantitative estimate of drug-likeness (QED) is 0.463. The second-order valence-electron chi connectivity index (χ2n) is 6.49. The van der Waals surface area contributed by atoms with Crippen LogP contribution < -0.4 is 0 Å². The largest absolute Gasteiger partial charge is 0.349 e. The second kappa shape index (κ2) is 8.28. The maximum absolute atomic E-state index is 10.9. The number of allylic oxidation sites excluding steroid dienone is 1. The molecular formula is C20H17BrN4O2S. The van der Waals surface area contributed by atoms with Crippen LogP contribution in [0.25, 0.3) is 6.08 Å². The molecular weight excluding hydrogens is 440 g/mol. The predicted molar refractivity (Wildman–Crippen MR) is 118 cm³/mol. The first kappa shape index (κ1) is 18.9. The molecule has 1 fully saturated rings. The third-order valence-corrected chi connectivity index (χ3v) is 6.15. The van der Waals surface area contributed by atoms with Crippen molar-refractivity contribution in [3.8, 4) is 0 Å². The molecule has 2 aliphatic heterocycles. The summed E-state index contributed by atoms with van der Waals surface area (Å²) in [5.74, 6) is 0. The molecule has 0 radical (unpaired) electrons. The highest BCUT2D eigenvalue weighted by Gasteiger charge is 2.24. The standard InChI is InChI=1S/C20H17BrN4O2S/c21-16-7-5-15(6-8-16)19-18(13-14-3-9-17(10-4-14)25(26)27)28-20(23-22-19)24-11-1-2-12-24/h3-10,13H,1-2,11-12H2/b18-13-.